The van der Waals surface area contributed by atoms with Gasteiger partial charge in [0.2, 0.25) is 0 Å². The molecule has 0 spiro atoms. The molecule has 0 aliphatic heterocycles. The quantitative estimate of drug-likeness (QED) is 0.691. The van der Waals surface area contributed by atoms with Crippen LogP contribution in [0.4, 0.5) is 0 Å². The number of ether oxygens (including phenoxy) is 2. The number of aryl methyl sites for hydroxylation is 1. The lowest BCUT2D eigenvalue weighted by Gasteiger charge is -2.40. The van der Waals surface area contributed by atoms with E-state index < -0.39 is 20.6 Å². The van der Waals surface area contributed by atoms with Crippen molar-refractivity contribution in [2.45, 2.75) is 56.1 Å². The topological polar surface area (TPSA) is 69.7 Å². The fraction of sp³-hybridized carbons (Fsp3) is 0.632. The van der Waals surface area contributed by atoms with Crippen LogP contribution in [0.3, 0.4) is 0 Å². The first-order chi connectivity index (χ1) is 11.8. The second-order valence-corrected chi connectivity index (χ2v) is 9.30. The van der Waals surface area contributed by atoms with Gasteiger partial charge in [0.25, 0.3) is 0 Å². The minimum Gasteiger partial charge on any atom is -0.464 e. The molecular formula is C19H28O5S. The minimum atomic E-state index is -3.48. The zero-order chi connectivity index (χ0) is 18.5. The van der Waals surface area contributed by atoms with Crippen LogP contribution in [0.25, 0.3) is 0 Å². The van der Waals surface area contributed by atoms with Crippen molar-refractivity contribution < 1.29 is 22.7 Å². The van der Waals surface area contributed by atoms with Gasteiger partial charge in [0.15, 0.2) is 9.84 Å². The number of hydrogen-bond acceptors (Lipinski definition) is 5. The van der Waals surface area contributed by atoms with E-state index in [4.69, 9.17) is 9.47 Å². The highest BCUT2D eigenvalue weighted by molar-refractivity contribution is 7.92. The number of hydrogen-bond donors (Lipinski definition) is 0. The van der Waals surface area contributed by atoms with Gasteiger partial charge in [-0.2, -0.15) is 0 Å². The molecule has 2 unspecified atom stereocenters. The molecule has 5 nitrogen and oxygen atoms in total. The molecule has 1 aliphatic rings. The van der Waals surface area contributed by atoms with E-state index in [0.717, 1.165) is 24.8 Å². The van der Waals surface area contributed by atoms with E-state index >= 15 is 0 Å². The summed E-state index contributed by atoms with van der Waals surface area (Å²) in [5.41, 5.74) is 1.03. The maximum Gasteiger partial charge on any atom is 0.332 e. The van der Waals surface area contributed by atoms with Crippen LogP contribution >= 0.6 is 0 Å². The highest BCUT2D eigenvalue weighted by atomic mass is 32.2. The minimum absolute atomic E-state index is 0.134. The number of carbonyl (C=O) groups excluding carboxylic acids is 1. The van der Waals surface area contributed by atoms with Crippen molar-refractivity contribution in [1.82, 2.24) is 0 Å². The number of sulfone groups is 1. The van der Waals surface area contributed by atoms with Crippen molar-refractivity contribution >= 4 is 15.8 Å². The van der Waals surface area contributed by atoms with Crippen molar-refractivity contribution in [2.75, 3.05) is 19.8 Å². The Bertz CT molecular complexity index is 680. The average Bonchev–Trinajstić information content (AvgIpc) is 2.57. The van der Waals surface area contributed by atoms with E-state index in [2.05, 4.69) is 0 Å². The number of benzene rings is 1. The molecule has 2 rings (SSSR count). The summed E-state index contributed by atoms with van der Waals surface area (Å²) < 4.78 is 36.0. The van der Waals surface area contributed by atoms with Gasteiger partial charge in [0, 0.05) is 5.92 Å². The molecule has 1 saturated carbocycles. The maximum atomic E-state index is 13.3. The predicted octanol–water partition coefficient (Wildman–Crippen LogP) is 3.30. The van der Waals surface area contributed by atoms with Gasteiger partial charge in [-0.15, -0.1) is 0 Å². The van der Waals surface area contributed by atoms with Crippen molar-refractivity contribution in [3.8, 4) is 0 Å². The van der Waals surface area contributed by atoms with E-state index in [1.54, 1.807) is 19.1 Å². The monoisotopic (exact) mass is 368 g/mol. The summed E-state index contributed by atoms with van der Waals surface area (Å²) in [6, 6.07) is 7.01. The molecule has 6 heteroatoms. The van der Waals surface area contributed by atoms with E-state index in [9.17, 15) is 13.2 Å². The smallest absolute Gasteiger partial charge is 0.332 e. The predicted molar refractivity (Wildman–Crippen MR) is 96.2 cm³/mol. The lowest BCUT2D eigenvalue weighted by atomic mass is 9.80. The van der Waals surface area contributed by atoms with Crippen LogP contribution in [-0.2, 0) is 24.1 Å². The summed E-state index contributed by atoms with van der Waals surface area (Å²) >= 11 is 0. The summed E-state index contributed by atoms with van der Waals surface area (Å²) in [7, 11) is -3.48. The van der Waals surface area contributed by atoms with Crippen molar-refractivity contribution in [3.63, 3.8) is 0 Å². The lowest BCUT2D eigenvalue weighted by Crippen LogP contribution is -2.47. The Labute approximate surface area is 150 Å². The molecular weight excluding hydrogens is 340 g/mol. The first kappa shape index (κ1) is 19.9. The van der Waals surface area contributed by atoms with Gasteiger partial charge >= 0.3 is 5.97 Å². The molecule has 1 aliphatic carbocycles. The van der Waals surface area contributed by atoms with Crippen LogP contribution in [-0.4, -0.2) is 39.0 Å². The Kier molecular flexibility index (Phi) is 6.63. The molecule has 2 atom stereocenters. The van der Waals surface area contributed by atoms with Crippen LogP contribution in [0.15, 0.2) is 29.2 Å². The average molecular weight is 368 g/mol. The van der Waals surface area contributed by atoms with Crippen LogP contribution in [0.2, 0.25) is 0 Å². The molecule has 0 heterocycles. The van der Waals surface area contributed by atoms with Gasteiger partial charge in [0.05, 0.1) is 22.9 Å². The Hall–Kier alpha value is -1.40. The van der Waals surface area contributed by atoms with Crippen molar-refractivity contribution in [2.24, 2.45) is 5.92 Å². The van der Waals surface area contributed by atoms with Crippen LogP contribution in [0.1, 0.15) is 45.1 Å². The molecule has 25 heavy (non-hydrogen) atoms. The molecule has 0 aromatic heterocycles. The highest BCUT2D eigenvalue weighted by Crippen LogP contribution is 2.43. The van der Waals surface area contributed by atoms with E-state index in [1.807, 2.05) is 26.0 Å². The van der Waals surface area contributed by atoms with Gasteiger partial charge in [0.1, 0.15) is 6.61 Å². The molecule has 0 amide bonds. The maximum absolute atomic E-state index is 13.3. The summed E-state index contributed by atoms with van der Waals surface area (Å²) in [6.07, 6.45) is 3.25. The molecule has 1 aromatic carbocycles. The molecule has 1 fully saturated rings. The third-order valence-electron chi connectivity index (χ3n) is 5.13. The van der Waals surface area contributed by atoms with Gasteiger partial charge in [-0.05, 0) is 45.7 Å². The molecule has 0 N–H and O–H groups in total. The molecule has 140 valence electrons. The SMILES string of the molecule is CCOC(=O)COCC1CCCCC1(C)S(=O)(=O)c1ccc(C)cc1. The van der Waals surface area contributed by atoms with Crippen molar-refractivity contribution in [3.05, 3.63) is 29.8 Å². The Morgan fingerprint density at radius 2 is 1.92 bits per heavy atom. The van der Waals surface area contributed by atoms with Gasteiger partial charge < -0.3 is 9.47 Å². The first-order valence-electron chi connectivity index (χ1n) is 8.86. The highest BCUT2D eigenvalue weighted by Gasteiger charge is 2.47. The largest absolute Gasteiger partial charge is 0.464 e. The third-order valence-corrected chi connectivity index (χ3v) is 7.79. The summed E-state index contributed by atoms with van der Waals surface area (Å²) in [5.74, 6) is -0.552. The fourth-order valence-electron chi connectivity index (χ4n) is 3.46. The zero-order valence-electron chi connectivity index (χ0n) is 15.3. The number of esters is 1. The van der Waals surface area contributed by atoms with Crippen LogP contribution in [0.5, 0.6) is 0 Å². The van der Waals surface area contributed by atoms with Gasteiger partial charge in [-0.25, -0.2) is 13.2 Å². The second-order valence-electron chi connectivity index (χ2n) is 6.89. The second kappa shape index (κ2) is 8.32. The molecule has 0 radical (unpaired) electrons. The Balaban J connectivity index is 2.16. The summed E-state index contributed by atoms with van der Waals surface area (Å²) in [5, 5.41) is 0. The van der Waals surface area contributed by atoms with Crippen LogP contribution < -0.4 is 0 Å². The van der Waals surface area contributed by atoms with E-state index in [0.29, 0.717) is 17.9 Å². The van der Waals surface area contributed by atoms with E-state index in [1.165, 1.54) is 0 Å². The number of rotatable bonds is 7. The molecule has 0 bridgehead atoms. The Morgan fingerprint density at radius 3 is 2.56 bits per heavy atom. The fourth-order valence-corrected chi connectivity index (χ4v) is 5.53. The standard InChI is InChI=1S/C19H28O5S/c1-4-24-18(20)14-23-13-16-7-5-6-12-19(16,3)25(21,22)17-10-8-15(2)9-11-17/h8-11,16H,4-7,12-14H2,1-3H3. The summed E-state index contributed by atoms with van der Waals surface area (Å²) in [4.78, 5) is 11.8. The van der Waals surface area contributed by atoms with Crippen molar-refractivity contribution in [1.29, 1.82) is 0 Å². The van der Waals surface area contributed by atoms with Gasteiger partial charge in [-0.1, -0.05) is 30.5 Å². The first-order valence-corrected chi connectivity index (χ1v) is 10.3. The lowest BCUT2D eigenvalue weighted by molar-refractivity contribution is -0.149. The van der Waals surface area contributed by atoms with Crippen LogP contribution in [0, 0.1) is 12.8 Å². The van der Waals surface area contributed by atoms with Gasteiger partial charge in [-0.3, -0.25) is 0 Å². The summed E-state index contributed by atoms with van der Waals surface area (Å²) in [6.45, 7) is 5.92. The zero-order valence-corrected chi connectivity index (χ0v) is 16.1. The Morgan fingerprint density at radius 1 is 1.24 bits per heavy atom. The van der Waals surface area contributed by atoms with E-state index in [-0.39, 0.29) is 19.1 Å². The third kappa shape index (κ3) is 4.42. The molecule has 0 saturated heterocycles. The normalized spacial score (nSPS) is 24.0. The molecule has 1 aromatic rings. The number of carbonyl (C=O) groups is 1.